The summed E-state index contributed by atoms with van der Waals surface area (Å²) in [6.07, 6.45) is 7.17. The van der Waals surface area contributed by atoms with Crippen LogP contribution in [0.3, 0.4) is 0 Å². The Morgan fingerprint density at radius 2 is 1.95 bits per heavy atom. The van der Waals surface area contributed by atoms with Crippen molar-refractivity contribution >= 4 is 45.1 Å². The highest BCUT2D eigenvalue weighted by Crippen LogP contribution is 2.34. The number of nitrogens with zero attached hydrogens (tertiary/aromatic N) is 5. The van der Waals surface area contributed by atoms with E-state index in [1.165, 1.54) is 6.07 Å². The minimum Gasteiger partial charge on any atom is -0.325 e. The number of hydrogen-bond acceptors (Lipinski definition) is 7. The van der Waals surface area contributed by atoms with Crippen LogP contribution in [0.4, 0.5) is 10.1 Å². The van der Waals surface area contributed by atoms with Crippen LogP contribution in [-0.4, -0.2) is 41.0 Å². The van der Waals surface area contributed by atoms with E-state index in [2.05, 4.69) is 35.5 Å². The molecule has 6 rings (SSSR count). The highest BCUT2D eigenvalue weighted by atomic mass is 32.1. The number of fused-ring (bicyclic) bond motifs is 2. The molecule has 11 heteroatoms. The van der Waals surface area contributed by atoms with Crippen LogP contribution in [0.1, 0.15) is 20.3 Å². The zero-order valence-electron chi connectivity index (χ0n) is 19.9. The van der Waals surface area contributed by atoms with Crippen LogP contribution in [0.2, 0.25) is 0 Å². The van der Waals surface area contributed by atoms with Gasteiger partial charge in [0.05, 0.1) is 17.3 Å². The number of halogens is 1. The van der Waals surface area contributed by atoms with Crippen molar-refractivity contribution in [3.63, 3.8) is 0 Å². The van der Waals surface area contributed by atoms with E-state index in [1.54, 1.807) is 30.9 Å². The average Bonchev–Trinajstić information content (AvgIpc) is 3.60. The number of carbonyl (C=O) groups excluding carboxylic acids is 1. The Hall–Kier alpha value is -4.51. The van der Waals surface area contributed by atoms with E-state index in [9.17, 15) is 9.18 Å². The van der Waals surface area contributed by atoms with Gasteiger partial charge in [-0.2, -0.15) is 9.49 Å². The first-order valence-electron chi connectivity index (χ1n) is 11.6. The van der Waals surface area contributed by atoms with Crippen molar-refractivity contribution in [2.75, 3.05) is 5.32 Å². The van der Waals surface area contributed by atoms with Crippen molar-refractivity contribution in [3.05, 3.63) is 60.3 Å². The second-order valence-electron chi connectivity index (χ2n) is 9.05. The van der Waals surface area contributed by atoms with Crippen LogP contribution in [0, 0.1) is 11.0 Å². The summed E-state index contributed by atoms with van der Waals surface area (Å²) < 4.78 is 13.7. The molecule has 0 fully saturated rings. The van der Waals surface area contributed by atoms with Gasteiger partial charge in [0.15, 0.2) is 22.2 Å². The van der Waals surface area contributed by atoms with Gasteiger partial charge in [-0.15, -0.1) is 11.3 Å². The van der Waals surface area contributed by atoms with Gasteiger partial charge in [-0.3, -0.25) is 14.9 Å². The molecule has 184 valence electrons. The van der Waals surface area contributed by atoms with Gasteiger partial charge in [-0.25, -0.2) is 15.0 Å². The number of H-pyrrole nitrogens is 2. The van der Waals surface area contributed by atoms with Crippen molar-refractivity contribution < 1.29 is 9.18 Å². The van der Waals surface area contributed by atoms with E-state index >= 15 is 0 Å². The zero-order valence-corrected chi connectivity index (χ0v) is 20.7. The molecule has 6 aromatic heterocycles. The molecule has 0 aliphatic rings. The Bertz CT molecular complexity index is 1770. The third-order valence-electron chi connectivity index (χ3n) is 5.81. The standard InChI is InChI=1S/C26H21FN8OS/c1-13(2)7-21(36)31-16-8-14(10-28-12-16)15-9-18-23(34-35-24(18)30-11-15)26-32-22-17(5-6-29-25(22)33-26)19-3-4-20(27)37-19/h3-6,8-13H,7H2,1-2H3,(H,31,36)(H,29,32,33)(H,30,34,35). The second-order valence-corrected chi connectivity index (χ2v) is 10.1. The van der Waals surface area contributed by atoms with Crippen LogP contribution < -0.4 is 5.32 Å². The molecule has 0 radical (unpaired) electrons. The lowest BCUT2D eigenvalue weighted by Gasteiger charge is -2.08. The number of aromatic nitrogens is 7. The van der Waals surface area contributed by atoms with E-state index in [0.29, 0.717) is 40.4 Å². The molecule has 37 heavy (non-hydrogen) atoms. The highest BCUT2D eigenvalue weighted by Gasteiger charge is 2.18. The summed E-state index contributed by atoms with van der Waals surface area (Å²) in [6.45, 7) is 4.00. The maximum atomic E-state index is 13.7. The fourth-order valence-electron chi connectivity index (χ4n) is 4.17. The van der Waals surface area contributed by atoms with Gasteiger partial charge >= 0.3 is 0 Å². The van der Waals surface area contributed by atoms with E-state index in [-0.39, 0.29) is 17.0 Å². The average molecular weight is 513 g/mol. The third-order valence-corrected chi connectivity index (χ3v) is 6.72. The molecular formula is C26H21FN8OS. The quantitative estimate of drug-likeness (QED) is 0.259. The van der Waals surface area contributed by atoms with E-state index < -0.39 is 0 Å². The number of thiophene rings is 1. The van der Waals surface area contributed by atoms with E-state index in [1.807, 2.05) is 32.0 Å². The van der Waals surface area contributed by atoms with Crippen LogP contribution in [-0.2, 0) is 4.79 Å². The first-order chi connectivity index (χ1) is 17.9. The lowest BCUT2D eigenvalue weighted by Crippen LogP contribution is -2.13. The maximum absolute atomic E-state index is 13.7. The van der Waals surface area contributed by atoms with Crippen LogP contribution in [0.25, 0.3) is 55.3 Å². The summed E-state index contributed by atoms with van der Waals surface area (Å²) in [6, 6.07) is 8.81. The molecule has 6 heterocycles. The number of nitrogens with one attached hydrogen (secondary N) is 3. The van der Waals surface area contributed by atoms with Gasteiger partial charge in [0.25, 0.3) is 0 Å². The molecule has 0 aliphatic carbocycles. The van der Waals surface area contributed by atoms with Crippen LogP contribution in [0.5, 0.6) is 0 Å². The van der Waals surface area contributed by atoms with Crippen LogP contribution >= 0.6 is 11.3 Å². The molecule has 3 N–H and O–H groups in total. The number of anilines is 1. The maximum Gasteiger partial charge on any atom is 0.224 e. The number of amides is 1. The zero-order chi connectivity index (χ0) is 25.5. The molecule has 1 amide bonds. The van der Waals surface area contributed by atoms with Gasteiger partial charge in [0.1, 0.15) is 11.2 Å². The third kappa shape index (κ3) is 4.45. The normalized spacial score (nSPS) is 11.6. The van der Waals surface area contributed by atoms with Crippen molar-refractivity contribution in [2.24, 2.45) is 5.92 Å². The van der Waals surface area contributed by atoms with Gasteiger partial charge in [-0.1, -0.05) is 13.8 Å². The number of imidazole rings is 1. The van der Waals surface area contributed by atoms with Crippen molar-refractivity contribution in [1.29, 1.82) is 0 Å². The Morgan fingerprint density at radius 1 is 1.08 bits per heavy atom. The number of aromatic amines is 2. The Kier molecular flexibility index (Phi) is 5.68. The number of hydrogen-bond donors (Lipinski definition) is 3. The number of carbonyl (C=O) groups is 1. The Morgan fingerprint density at radius 3 is 2.76 bits per heavy atom. The molecule has 0 saturated heterocycles. The van der Waals surface area contributed by atoms with Crippen molar-refractivity contribution in [1.82, 2.24) is 35.1 Å². The van der Waals surface area contributed by atoms with E-state index in [0.717, 1.165) is 38.3 Å². The van der Waals surface area contributed by atoms with Gasteiger partial charge < -0.3 is 10.3 Å². The second kappa shape index (κ2) is 9.17. The fourth-order valence-corrected chi connectivity index (χ4v) is 4.93. The largest absolute Gasteiger partial charge is 0.325 e. The Balaban J connectivity index is 1.38. The molecule has 0 saturated carbocycles. The summed E-state index contributed by atoms with van der Waals surface area (Å²) >= 11 is 1.06. The molecule has 6 aromatic rings. The first-order valence-corrected chi connectivity index (χ1v) is 12.5. The number of rotatable bonds is 6. The first kappa shape index (κ1) is 22.9. The van der Waals surface area contributed by atoms with Crippen LogP contribution in [0.15, 0.2) is 55.1 Å². The molecule has 0 aromatic carbocycles. The summed E-state index contributed by atoms with van der Waals surface area (Å²) in [4.78, 5) is 34.2. The molecule has 0 atom stereocenters. The lowest BCUT2D eigenvalue weighted by atomic mass is 10.1. The molecule has 0 unspecified atom stereocenters. The predicted octanol–water partition coefficient (Wildman–Crippen LogP) is 5.81. The van der Waals surface area contributed by atoms with Crippen molar-refractivity contribution in [2.45, 2.75) is 20.3 Å². The highest BCUT2D eigenvalue weighted by molar-refractivity contribution is 7.14. The molecule has 9 nitrogen and oxygen atoms in total. The summed E-state index contributed by atoms with van der Waals surface area (Å²) in [5.74, 6) is 0.728. The fraction of sp³-hybridized carbons (Fsp3) is 0.154. The summed E-state index contributed by atoms with van der Waals surface area (Å²) in [5.41, 5.74) is 5.43. The van der Waals surface area contributed by atoms with E-state index in [4.69, 9.17) is 4.98 Å². The van der Waals surface area contributed by atoms with Gasteiger partial charge in [0.2, 0.25) is 5.91 Å². The summed E-state index contributed by atoms with van der Waals surface area (Å²) in [7, 11) is 0. The van der Waals surface area contributed by atoms with Gasteiger partial charge in [-0.05, 0) is 36.2 Å². The van der Waals surface area contributed by atoms with Gasteiger partial charge in [0, 0.05) is 46.6 Å². The monoisotopic (exact) mass is 512 g/mol. The molecule has 0 bridgehead atoms. The molecule has 0 aliphatic heterocycles. The Labute approximate surface area is 214 Å². The predicted molar refractivity (Wildman–Crippen MR) is 141 cm³/mol. The minimum absolute atomic E-state index is 0.0530. The van der Waals surface area contributed by atoms with Crippen molar-refractivity contribution in [3.8, 4) is 33.1 Å². The SMILES string of the molecule is CC(C)CC(=O)Nc1cncc(-c2cnc3[nH]nc(-c4nc5c(-c6ccc(F)s6)ccnc5[nH]4)c3c2)c1. The smallest absolute Gasteiger partial charge is 0.224 e. The lowest BCUT2D eigenvalue weighted by molar-refractivity contribution is -0.116. The summed E-state index contributed by atoms with van der Waals surface area (Å²) in [5, 5.41) is 10.8. The molecular weight excluding hydrogens is 491 g/mol. The topological polar surface area (TPSA) is 125 Å². The number of pyridine rings is 3. The molecule has 0 spiro atoms. The minimum atomic E-state index is -0.259.